The Hall–Kier alpha value is -1.15. The van der Waals surface area contributed by atoms with Crippen LogP contribution in [-0.2, 0) is 19.6 Å². The number of carboxylic acid groups (broad SMARTS) is 1. The number of hydrogen-bond acceptors (Lipinski definition) is 4. The second-order valence-electron chi connectivity index (χ2n) is 6.74. The minimum Gasteiger partial charge on any atom is -0.480 e. The molecule has 1 rings (SSSR count). The normalized spacial score (nSPS) is 22.1. The van der Waals surface area contributed by atoms with E-state index in [-0.39, 0.29) is 12.3 Å². The number of aliphatic carboxylic acids is 1. The predicted octanol–water partition coefficient (Wildman–Crippen LogP) is 0.664. The number of carbonyl (C=O) groups is 2. The average molecular weight is 334 g/mol. The lowest BCUT2D eigenvalue weighted by atomic mass is 9.86. The van der Waals surface area contributed by atoms with E-state index in [1.54, 1.807) is 27.7 Å². The zero-order valence-corrected chi connectivity index (χ0v) is 14.4. The average Bonchev–Trinajstić information content (AvgIpc) is 2.43. The summed E-state index contributed by atoms with van der Waals surface area (Å²) in [6.07, 6.45) is 1.17. The Morgan fingerprint density at radius 2 is 1.95 bits per heavy atom. The van der Waals surface area contributed by atoms with Gasteiger partial charge in [-0.2, -0.15) is 0 Å². The molecule has 0 aromatic heterocycles. The molecule has 1 aliphatic heterocycles. The number of carbonyl (C=O) groups excluding carboxylic acids is 1. The van der Waals surface area contributed by atoms with Gasteiger partial charge >= 0.3 is 5.97 Å². The number of amides is 1. The molecule has 0 aromatic rings. The van der Waals surface area contributed by atoms with E-state index in [2.05, 4.69) is 5.32 Å². The van der Waals surface area contributed by atoms with Gasteiger partial charge in [0.05, 0.1) is 11.7 Å². The molecule has 22 heavy (non-hydrogen) atoms. The number of carboxylic acids is 1. The highest BCUT2D eigenvalue weighted by molar-refractivity contribution is 7.89. The predicted molar refractivity (Wildman–Crippen MR) is 82.8 cm³/mol. The van der Waals surface area contributed by atoms with Crippen molar-refractivity contribution in [2.24, 2.45) is 11.3 Å². The molecular weight excluding hydrogens is 308 g/mol. The summed E-state index contributed by atoms with van der Waals surface area (Å²) in [6.45, 7) is 7.32. The van der Waals surface area contributed by atoms with Gasteiger partial charge < -0.3 is 10.4 Å². The second kappa shape index (κ2) is 6.95. The smallest absolute Gasteiger partial charge is 0.326 e. The Labute approximate surface area is 132 Å². The number of nitrogens with one attached hydrogen (secondary N) is 1. The molecule has 1 aliphatic rings. The molecule has 0 spiro atoms. The first-order valence-electron chi connectivity index (χ1n) is 7.50. The fraction of sp³-hybridized carbons (Fsp3) is 0.857. The molecule has 2 atom stereocenters. The van der Waals surface area contributed by atoms with Crippen LogP contribution in [0.1, 0.15) is 40.5 Å². The van der Waals surface area contributed by atoms with Crippen molar-refractivity contribution in [1.82, 2.24) is 9.62 Å². The van der Waals surface area contributed by atoms with Crippen LogP contribution in [0, 0.1) is 11.3 Å². The van der Waals surface area contributed by atoms with E-state index in [0.29, 0.717) is 19.4 Å². The highest BCUT2D eigenvalue weighted by Crippen LogP contribution is 2.23. The lowest BCUT2D eigenvalue weighted by Gasteiger charge is -2.33. The molecule has 0 unspecified atom stereocenters. The number of nitrogens with zero attached hydrogens (tertiary/aromatic N) is 1. The summed E-state index contributed by atoms with van der Waals surface area (Å²) in [7, 11) is -3.32. The molecule has 0 bridgehead atoms. The highest BCUT2D eigenvalue weighted by atomic mass is 32.2. The van der Waals surface area contributed by atoms with Gasteiger partial charge in [0.1, 0.15) is 6.04 Å². The Balaban J connectivity index is 2.79. The van der Waals surface area contributed by atoms with Crippen molar-refractivity contribution < 1.29 is 23.1 Å². The Bertz CT molecular complexity index is 524. The monoisotopic (exact) mass is 334 g/mol. The molecule has 1 amide bonds. The zero-order chi connectivity index (χ0) is 17.1. The molecule has 2 N–H and O–H groups in total. The largest absolute Gasteiger partial charge is 0.480 e. The van der Waals surface area contributed by atoms with E-state index < -0.39 is 39.3 Å². The molecule has 1 heterocycles. The summed E-state index contributed by atoms with van der Waals surface area (Å²) < 4.78 is 25.2. The van der Waals surface area contributed by atoms with Crippen molar-refractivity contribution in [3.05, 3.63) is 0 Å². The molecule has 0 aromatic carbocycles. The lowest BCUT2D eigenvalue weighted by Crippen LogP contribution is -2.53. The van der Waals surface area contributed by atoms with E-state index >= 15 is 0 Å². The fourth-order valence-electron chi connectivity index (χ4n) is 2.50. The molecule has 0 aliphatic carbocycles. The third kappa shape index (κ3) is 4.67. The van der Waals surface area contributed by atoms with Crippen molar-refractivity contribution >= 4 is 21.9 Å². The van der Waals surface area contributed by atoms with E-state index in [1.165, 1.54) is 4.31 Å². The third-order valence-electron chi connectivity index (χ3n) is 3.91. The van der Waals surface area contributed by atoms with Crippen LogP contribution in [0.3, 0.4) is 0 Å². The van der Waals surface area contributed by atoms with Gasteiger partial charge in [0.25, 0.3) is 0 Å². The third-order valence-corrected chi connectivity index (χ3v) is 5.76. The van der Waals surface area contributed by atoms with Crippen LogP contribution in [-0.4, -0.2) is 54.6 Å². The molecule has 1 saturated heterocycles. The number of rotatable bonds is 5. The summed E-state index contributed by atoms with van der Waals surface area (Å²) in [6, 6.07) is -1.00. The van der Waals surface area contributed by atoms with Gasteiger partial charge in [-0.3, -0.25) is 4.79 Å². The van der Waals surface area contributed by atoms with Gasteiger partial charge in [-0.1, -0.05) is 20.8 Å². The summed E-state index contributed by atoms with van der Waals surface area (Å²) >= 11 is 0. The zero-order valence-electron chi connectivity index (χ0n) is 13.6. The number of hydrogen-bond donors (Lipinski definition) is 2. The Kier molecular flexibility index (Phi) is 5.97. The first kappa shape index (κ1) is 18.9. The summed E-state index contributed by atoms with van der Waals surface area (Å²) in [4.78, 5) is 23.6. The maximum atomic E-state index is 12.3. The Morgan fingerprint density at radius 1 is 1.36 bits per heavy atom. The van der Waals surface area contributed by atoms with Crippen molar-refractivity contribution in [1.29, 1.82) is 0 Å². The molecule has 8 heteroatoms. The van der Waals surface area contributed by atoms with Crippen LogP contribution in [0.25, 0.3) is 0 Å². The van der Waals surface area contributed by atoms with Crippen molar-refractivity contribution in [3.8, 4) is 0 Å². The molecular formula is C14H26N2O5S. The van der Waals surface area contributed by atoms with Crippen molar-refractivity contribution in [2.45, 2.75) is 46.6 Å². The van der Waals surface area contributed by atoms with E-state index in [9.17, 15) is 23.1 Å². The molecule has 7 nitrogen and oxygen atoms in total. The first-order chi connectivity index (χ1) is 9.99. The minimum atomic E-state index is -3.32. The molecule has 0 saturated carbocycles. The maximum absolute atomic E-state index is 12.3. The van der Waals surface area contributed by atoms with Gasteiger partial charge in [0, 0.05) is 13.1 Å². The summed E-state index contributed by atoms with van der Waals surface area (Å²) in [5.74, 6) is -1.98. The van der Waals surface area contributed by atoms with Crippen LogP contribution in [0.15, 0.2) is 0 Å². The quantitative estimate of drug-likeness (QED) is 0.769. The second-order valence-corrected chi connectivity index (χ2v) is 9.00. The lowest BCUT2D eigenvalue weighted by molar-refractivity contribution is -0.145. The Morgan fingerprint density at radius 3 is 2.41 bits per heavy atom. The van der Waals surface area contributed by atoms with Gasteiger partial charge in [-0.15, -0.1) is 0 Å². The molecule has 0 radical (unpaired) electrons. The summed E-state index contributed by atoms with van der Waals surface area (Å²) in [5, 5.41) is 11.8. The van der Waals surface area contributed by atoms with Crippen LogP contribution >= 0.6 is 0 Å². The van der Waals surface area contributed by atoms with Crippen LogP contribution < -0.4 is 5.32 Å². The maximum Gasteiger partial charge on any atom is 0.326 e. The standard InChI is InChI=1S/C14H26N2O5S/c1-5-22(20,21)16-8-6-7-10(9-16)12(17)15-11(13(18)19)14(2,3)4/h10-11H,5-9H2,1-4H3,(H,15,17)(H,18,19)/t10-,11-/m0/s1. The van der Waals surface area contributed by atoms with E-state index in [1.807, 2.05) is 0 Å². The fourth-order valence-corrected chi connectivity index (χ4v) is 3.68. The van der Waals surface area contributed by atoms with E-state index in [0.717, 1.165) is 0 Å². The minimum absolute atomic E-state index is 0.00107. The van der Waals surface area contributed by atoms with Crippen LogP contribution in [0.5, 0.6) is 0 Å². The summed E-state index contributed by atoms with van der Waals surface area (Å²) in [5.41, 5.74) is -0.620. The van der Waals surface area contributed by atoms with Gasteiger partial charge in [0.2, 0.25) is 15.9 Å². The van der Waals surface area contributed by atoms with Crippen LogP contribution in [0.2, 0.25) is 0 Å². The van der Waals surface area contributed by atoms with Crippen molar-refractivity contribution in [2.75, 3.05) is 18.8 Å². The number of piperidine rings is 1. The van der Waals surface area contributed by atoms with Crippen molar-refractivity contribution in [3.63, 3.8) is 0 Å². The van der Waals surface area contributed by atoms with Gasteiger partial charge in [-0.05, 0) is 25.2 Å². The highest BCUT2D eigenvalue weighted by Gasteiger charge is 2.36. The van der Waals surface area contributed by atoms with Gasteiger partial charge in [0.15, 0.2) is 0 Å². The van der Waals surface area contributed by atoms with E-state index in [4.69, 9.17) is 0 Å². The first-order valence-corrected chi connectivity index (χ1v) is 9.11. The SMILES string of the molecule is CCS(=O)(=O)N1CCC[C@H](C(=O)N[C@@H](C(=O)O)C(C)(C)C)C1. The van der Waals surface area contributed by atoms with Gasteiger partial charge in [-0.25, -0.2) is 17.5 Å². The van der Waals surface area contributed by atoms with Crippen LogP contribution in [0.4, 0.5) is 0 Å². The topological polar surface area (TPSA) is 104 Å². The number of sulfonamides is 1. The molecule has 1 fully saturated rings. The molecule has 128 valence electrons.